The van der Waals surface area contributed by atoms with Crippen molar-refractivity contribution in [3.05, 3.63) is 22.2 Å². The van der Waals surface area contributed by atoms with Crippen molar-refractivity contribution in [2.75, 3.05) is 0 Å². The summed E-state index contributed by atoms with van der Waals surface area (Å²) in [5.41, 5.74) is 2.78. The molecule has 94 valence electrons. The van der Waals surface area contributed by atoms with Crippen LogP contribution in [0.25, 0.3) is 11.2 Å². The molecule has 0 amide bonds. The lowest BCUT2D eigenvalue weighted by Crippen LogP contribution is -2.04. The second kappa shape index (κ2) is 3.77. The molecule has 1 N–H and O–H groups in total. The normalized spacial score (nSPS) is 11.5. The fourth-order valence-electron chi connectivity index (χ4n) is 2.06. The van der Waals surface area contributed by atoms with Crippen molar-refractivity contribution in [3.8, 4) is 0 Å². The predicted molar refractivity (Wildman–Crippen MR) is 66.8 cm³/mol. The zero-order valence-electron chi connectivity index (χ0n) is 10.3. The molecule has 0 fully saturated rings. The molecule has 0 aliphatic rings. The molecule has 0 aromatic carbocycles. The van der Waals surface area contributed by atoms with Crippen LogP contribution in [-0.2, 0) is 13.6 Å². The van der Waals surface area contributed by atoms with E-state index in [2.05, 4.69) is 20.2 Å². The first-order valence-electron chi connectivity index (χ1n) is 5.47. The minimum Gasteiger partial charge on any atom is -0.337 e. The summed E-state index contributed by atoms with van der Waals surface area (Å²) in [4.78, 5) is 7.33. The summed E-state index contributed by atoms with van der Waals surface area (Å²) in [5.74, 6) is 1.15. The Morgan fingerprint density at radius 2 is 2.17 bits per heavy atom. The minimum absolute atomic E-state index is 0.443. The van der Waals surface area contributed by atoms with Crippen molar-refractivity contribution in [2.45, 2.75) is 20.4 Å². The van der Waals surface area contributed by atoms with E-state index < -0.39 is 0 Å². The third kappa shape index (κ3) is 1.57. The van der Waals surface area contributed by atoms with E-state index >= 15 is 0 Å². The Kier molecular flexibility index (Phi) is 2.34. The maximum absolute atomic E-state index is 5.31. The highest BCUT2D eigenvalue weighted by atomic mass is 32.1. The van der Waals surface area contributed by atoms with Crippen LogP contribution in [0.2, 0.25) is 0 Å². The van der Waals surface area contributed by atoms with Crippen molar-refractivity contribution in [2.24, 2.45) is 7.05 Å². The first kappa shape index (κ1) is 11.1. The van der Waals surface area contributed by atoms with E-state index in [0.29, 0.717) is 23.0 Å². The highest BCUT2D eigenvalue weighted by Crippen LogP contribution is 2.17. The summed E-state index contributed by atoms with van der Waals surface area (Å²) in [7, 11) is 1.88. The molecule has 0 saturated heterocycles. The third-order valence-electron chi connectivity index (χ3n) is 2.79. The molecule has 0 saturated carbocycles. The summed E-state index contributed by atoms with van der Waals surface area (Å²) >= 11 is 5.31. The zero-order chi connectivity index (χ0) is 12.9. The van der Waals surface area contributed by atoms with Gasteiger partial charge in [-0.25, -0.2) is 0 Å². The van der Waals surface area contributed by atoms with E-state index in [1.165, 1.54) is 0 Å². The van der Waals surface area contributed by atoms with Gasteiger partial charge in [0, 0.05) is 7.05 Å². The lowest BCUT2D eigenvalue weighted by atomic mass is 10.4. The standard InChI is InChI=1S/C10H12N6OS/c1-5-8-9(15(3)13-5)16(10(18)12-8)4-7-11-6(2)14-17-7/h4H2,1-3H3,(H,12,18). The van der Waals surface area contributed by atoms with Crippen molar-refractivity contribution in [1.82, 2.24) is 29.5 Å². The number of hydrogen-bond acceptors (Lipinski definition) is 5. The fraction of sp³-hybridized carbons (Fsp3) is 0.400. The SMILES string of the molecule is Cc1noc(Cn2c(=S)[nH]c3c(C)nn(C)c32)n1. The van der Waals surface area contributed by atoms with Crippen LogP contribution < -0.4 is 0 Å². The first-order chi connectivity index (χ1) is 8.56. The molecule has 0 aliphatic heterocycles. The molecule has 0 unspecified atom stereocenters. The van der Waals surface area contributed by atoms with Crippen LogP contribution in [0, 0.1) is 18.6 Å². The highest BCUT2D eigenvalue weighted by molar-refractivity contribution is 7.71. The van der Waals surface area contributed by atoms with Gasteiger partial charge in [0.1, 0.15) is 12.1 Å². The van der Waals surface area contributed by atoms with Gasteiger partial charge in [-0.15, -0.1) is 0 Å². The molecule has 0 bridgehead atoms. The number of aromatic nitrogens is 6. The van der Waals surface area contributed by atoms with Crippen LogP contribution in [0.4, 0.5) is 0 Å². The number of aromatic amines is 1. The van der Waals surface area contributed by atoms with Crippen molar-refractivity contribution in [3.63, 3.8) is 0 Å². The molecule has 0 atom stereocenters. The predicted octanol–water partition coefficient (Wildman–Crippen LogP) is 1.48. The number of aryl methyl sites for hydroxylation is 3. The van der Waals surface area contributed by atoms with Crippen LogP contribution in [0.1, 0.15) is 17.4 Å². The maximum Gasteiger partial charge on any atom is 0.246 e. The molecule has 0 aliphatic carbocycles. The van der Waals surface area contributed by atoms with Crippen LogP contribution >= 0.6 is 12.2 Å². The average Bonchev–Trinajstić information content (AvgIpc) is 2.91. The van der Waals surface area contributed by atoms with Gasteiger partial charge >= 0.3 is 0 Å². The van der Waals surface area contributed by atoms with Crippen LogP contribution in [0.5, 0.6) is 0 Å². The van der Waals surface area contributed by atoms with Crippen LogP contribution in [-0.4, -0.2) is 29.5 Å². The lowest BCUT2D eigenvalue weighted by Gasteiger charge is -2.00. The van der Waals surface area contributed by atoms with Crippen molar-refractivity contribution >= 4 is 23.4 Å². The van der Waals surface area contributed by atoms with Gasteiger partial charge in [-0.05, 0) is 26.1 Å². The molecule has 3 rings (SSSR count). The van der Waals surface area contributed by atoms with Gasteiger partial charge in [-0.3, -0.25) is 9.25 Å². The quantitative estimate of drug-likeness (QED) is 0.709. The van der Waals surface area contributed by atoms with Gasteiger partial charge in [0.25, 0.3) is 0 Å². The van der Waals surface area contributed by atoms with Gasteiger partial charge in [0.15, 0.2) is 16.2 Å². The lowest BCUT2D eigenvalue weighted by molar-refractivity contribution is 0.368. The Labute approximate surface area is 107 Å². The van der Waals surface area contributed by atoms with E-state index in [1.54, 1.807) is 11.6 Å². The van der Waals surface area contributed by atoms with Gasteiger partial charge in [-0.2, -0.15) is 10.1 Å². The number of H-pyrrole nitrogens is 1. The Morgan fingerprint density at radius 3 is 2.83 bits per heavy atom. The molecular formula is C10H12N6OS. The second-order valence-electron chi connectivity index (χ2n) is 4.16. The topological polar surface area (TPSA) is 77.5 Å². The molecular weight excluding hydrogens is 252 g/mol. The first-order valence-corrected chi connectivity index (χ1v) is 5.88. The van der Waals surface area contributed by atoms with E-state index in [4.69, 9.17) is 16.7 Å². The Morgan fingerprint density at radius 1 is 1.39 bits per heavy atom. The van der Waals surface area contributed by atoms with E-state index in [1.807, 2.05) is 18.5 Å². The van der Waals surface area contributed by atoms with Crippen LogP contribution in [0.15, 0.2) is 4.52 Å². The zero-order valence-corrected chi connectivity index (χ0v) is 11.1. The largest absolute Gasteiger partial charge is 0.337 e. The maximum atomic E-state index is 5.31. The monoisotopic (exact) mass is 264 g/mol. The number of rotatable bonds is 2. The number of imidazole rings is 1. The van der Waals surface area contributed by atoms with Gasteiger partial charge in [0.2, 0.25) is 5.89 Å². The highest BCUT2D eigenvalue weighted by Gasteiger charge is 2.14. The fourth-order valence-corrected chi connectivity index (χ4v) is 2.31. The molecule has 3 aromatic heterocycles. The average molecular weight is 264 g/mol. The van der Waals surface area contributed by atoms with Gasteiger partial charge < -0.3 is 9.51 Å². The van der Waals surface area contributed by atoms with Crippen LogP contribution in [0.3, 0.4) is 0 Å². The Balaban J connectivity index is 2.16. The molecule has 8 heteroatoms. The summed E-state index contributed by atoms with van der Waals surface area (Å²) < 4.78 is 9.43. The smallest absolute Gasteiger partial charge is 0.246 e. The Bertz CT molecular complexity index is 776. The number of hydrogen-bond donors (Lipinski definition) is 1. The van der Waals surface area contributed by atoms with Crippen molar-refractivity contribution in [1.29, 1.82) is 0 Å². The molecule has 3 heterocycles. The summed E-state index contributed by atoms with van der Waals surface area (Å²) in [5, 5.41) is 8.12. The van der Waals surface area contributed by atoms with Gasteiger partial charge in [0.05, 0.1) is 5.69 Å². The van der Waals surface area contributed by atoms with E-state index in [-0.39, 0.29) is 0 Å². The molecule has 3 aromatic rings. The summed E-state index contributed by atoms with van der Waals surface area (Å²) in [6, 6.07) is 0. The number of fused-ring (bicyclic) bond motifs is 1. The number of nitrogens with zero attached hydrogens (tertiary/aromatic N) is 5. The molecule has 18 heavy (non-hydrogen) atoms. The minimum atomic E-state index is 0.443. The van der Waals surface area contributed by atoms with Crippen molar-refractivity contribution < 1.29 is 4.52 Å². The van der Waals surface area contributed by atoms with E-state index in [9.17, 15) is 0 Å². The molecule has 0 radical (unpaired) electrons. The molecule has 0 spiro atoms. The second-order valence-corrected chi connectivity index (χ2v) is 4.55. The summed E-state index contributed by atoms with van der Waals surface area (Å²) in [6.07, 6.45) is 0. The van der Waals surface area contributed by atoms with Gasteiger partial charge in [-0.1, -0.05) is 5.16 Å². The molecule has 7 nitrogen and oxygen atoms in total. The van der Waals surface area contributed by atoms with E-state index in [0.717, 1.165) is 16.9 Å². The summed E-state index contributed by atoms with van der Waals surface area (Å²) in [6.45, 7) is 4.17. The Hall–Kier alpha value is -1.96. The number of nitrogens with one attached hydrogen (secondary N) is 1. The third-order valence-corrected chi connectivity index (χ3v) is 3.11.